The van der Waals surface area contributed by atoms with Gasteiger partial charge in [0.2, 0.25) is 0 Å². The SMILES string of the molecule is Cc1cc(=O)n(Cc2ccc(F)cc2Br)c(C)n1. The quantitative estimate of drug-likeness (QED) is 0.855. The van der Waals surface area contributed by atoms with Gasteiger partial charge in [-0.05, 0) is 31.5 Å². The van der Waals surface area contributed by atoms with Crippen molar-refractivity contribution in [3.05, 3.63) is 62.0 Å². The molecule has 1 aromatic carbocycles. The zero-order chi connectivity index (χ0) is 13.3. The van der Waals surface area contributed by atoms with Crippen LogP contribution < -0.4 is 5.56 Å². The highest BCUT2D eigenvalue weighted by Crippen LogP contribution is 2.18. The van der Waals surface area contributed by atoms with Crippen LogP contribution in [0.15, 0.2) is 33.5 Å². The second kappa shape index (κ2) is 5.02. The van der Waals surface area contributed by atoms with Gasteiger partial charge in [0, 0.05) is 16.2 Å². The second-order valence-corrected chi connectivity index (χ2v) is 4.96. The summed E-state index contributed by atoms with van der Waals surface area (Å²) >= 11 is 3.29. The van der Waals surface area contributed by atoms with Gasteiger partial charge in [0.05, 0.1) is 6.54 Å². The third-order valence-electron chi connectivity index (χ3n) is 2.67. The Morgan fingerprint density at radius 1 is 1.33 bits per heavy atom. The van der Waals surface area contributed by atoms with Crippen molar-refractivity contribution in [2.24, 2.45) is 0 Å². The fourth-order valence-corrected chi connectivity index (χ4v) is 2.25. The van der Waals surface area contributed by atoms with Crippen LogP contribution in [0.25, 0.3) is 0 Å². The molecule has 5 heteroatoms. The van der Waals surface area contributed by atoms with Crippen LogP contribution in [-0.2, 0) is 6.54 Å². The molecule has 0 amide bonds. The maximum atomic E-state index is 13.0. The van der Waals surface area contributed by atoms with Gasteiger partial charge < -0.3 is 0 Å². The molecule has 0 saturated heterocycles. The number of rotatable bonds is 2. The summed E-state index contributed by atoms with van der Waals surface area (Å²) in [6.07, 6.45) is 0. The van der Waals surface area contributed by atoms with Gasteiger partial charge in [0.25, 0.3) is 5.56 Å². The Morgan fingerprint density at radius 3 is 2.67 bits per heavy atom. The molecule has 3 nitrogen and oxygen atoms in total. The first-order valence-corrected chi connectivity index (χ1v) is 6.25. The number of halogens is 2. The van der Waals surface area contributed by atoms with Crippen LogP contribution in [0, 0.1) is 19.7 Å². The Kier molecular flexibility index (Phi) is 3.61. The van der Waals surface area contributed by atoms with Crippen LogP contribution in [0.1, 0.15) is 17.1 Å². The molecule has 2 aromatic rings. The van der Waals surface area contributed by atoms with E-state index in [1.54, 1.807) is 24.5 Å². The molecule has 0 atom stereocenters. The van der Waals surface area contributed by atoms with Gasteiger partial charge >= 0.3 is 0 Å². The first kappa shape index (κ1) is 13.0. The molecule has 18 heavy (non-hydrogen) atoms. The predicted molar refractivity (Wildman–Crippen MR) is 71.2 cm³/mol. The van der Waals surface area contributed by atoms with E-state index in [0.717, 1.165) is 5.56 Å². The molecular weight excluding hydrogens is 299 g/mol. The Balaban J connectivity index is 2.43. The van der Waals surface area contributed by atoms with Gasteiger partial charge in [-0.1, -0.05) is 22.0 Å². The summed E-state index contributed by atoms with van der Waals surface area (Å²) < 4.78 is 15.2. The van der Waals surface area contributed by atoms with Crippen LogP contribution in [0.5, 0.6) is 0 Å². The highest BCUT2D eigenvalue weighted by atomic mass is 79.9. The summed E-state index contributed by atoms with van der Waals surface area (Å²) in [7, 11) is 0. The summed E-state index contributed by atoms with van der Waals surface area (Å²) in [5.41, 5.74) is 1.44. The van der Waals surface area contributed by atoms with Crippen LogP contribution in [-0.4, -0.2) is 9.55 Å². The van der Waals surface area contributed by atoms with E-state index in [-0.39, 0.29) is 11.4 Å². The average molecular weight is 311 g/mol. The first-order valence-electron chi connectivity index (χ1n) is 5.46. The molecule has 0 fully saturated rings. The van der Waals surface area contributed by atoms with Crippen LogP contribution in [0.3, 0.4) is 0 Å². The normalized spacial score (nSPS) is 10.7. The minimum absolute atomic E-state index is 0.101. The van der Waals surface area contributed by atoms with E-state index in [0.29, 0.717) is 22.5 Å². The second-order valence-electron chi connectivity index (χ2n) is 4.10. The Hall–Kier alpha value is -1.49. The lowest BCUT2D eigenvalue weighted by atomic mass is 10.2. The van der Waals surface area contributed by atoms with Crippen molar-refractivity contribution < 1.29 is 4.39 Å². The molecule has 1 heterocycles. The number of hydrogen-bond donors (Lipinski definition) is 0. The molecule has 1 aromatic heterocycles. The lowest BCUT2D eigenvalue weighted by Crippen LogP contribution is -2.24. The van der Waals surface area contributed by atoms with Gasteiger partial charge in [-0.3, -0.25) is 9.36 Å². The van der Waals surface area contributed by atoms with Crippen molar-refractivity contribution in [1.29, 1.82) is 0 Å². The minimum Gasteiger partial charge on any atom is -0.292 e. The monoisotopic (exact) mass is 310 g/mol. The minimum atomic E-state index is -0.309. The van der Waals surface area contributed by atoms with Crippen molar-refractivity contribution in [3.63, 3.8) is 0 Å². The Morgan fingerprint density at radius 2 is 2.06 bits per heavy atom. The van der Waals surface area contributed by atoms with Crippen molar-refractivity contribution in [3.8, 4) is 0 Å². The number of aryl methyl sites for hydroxylation is 2. The van der Waals surface area contributed by atoms with Gasteiger partial charge in [-0.25, -0.2) is 9.37 Å². The third-order valence-corrected chi connectivity index (χ3v) is 3.41. The highest BCUT2D eigenvalue weighted by molar-refractivity contribution is 9.10. The largest absolute Gasteiger partial charge is 0.292 e. The summed E-state index contributed by atoms with van der Waals surface area (Å²) in [6, 6.07) is 5.91. The van der Waals surface area contributed by atoms with Gasteiger partial charge in [-0.15, -0.1) is 0 Å². The molecule has 0 aliphatic carbocycles. The predicted octanol–water partition coefficient (Wildman–Crippen LogP) is 2.81. The average Bonchev–Trinajstić information content (AvgIpc) is 2.25. The fourth-order valence-electron chi connectivity index (χ4n) is 1.78. The van der Waals surface area contributed by atoms with Gasteiger partial charge in [0.1, 0.15) is 11.6 Å². The zero-order valence-electron chi connectivity index (χ0n) is 10.1. The number of hydrogen-bond acceptors (Lipinski definition) is 2. The standard InChI is InChI=1S/C13H12BrFN2O/c1-8-5-13(18)17(9(2)16-8)7-10-3-4-11(15)6-12(10)14/h3-6H,7H2,1-2H3. The summed E-state index contributed by atoms with van der Waals surface area (Å²) in [4.78, 5) is 16.1. The lowest BCUT2D eigenvalue weighted by molar-refractivity contribution is 0.623. The highest BCUT2D eigenvalue weighted by Gasteiger charge is 2.07. The van der Waals surface area contributed by atoms with Gasteiger partial charge in [-0.2, -0.15) is 0 Å². The van der Waals surface area contributed by atoms with E-state index in [9.17, 15) is 9.18 Å². The first-order chi connectivity index (χ1) is 8.47. The van der Waals surface area contributed by atoms with E-state index in [4.69, 9.17) is 0 Å². The molecule has 94 valence electrons. The third kappa shape index (κ3) is 2.67. The molecule has 0 N–H and O–H groups in total. The number of nitrogens with zero attached hydrogens (tertiary/aromatic N) is 2. The maximum absolute atomic E-state index is 13.0. The van der Waals surface area contributed by atoms with Crippen molar-refractivity contribution in [1.82, 2.24) is 9.55 Å². The number of aromatic nitrogens is 2. The molecule has 0 saturated carbocycles. The summed E-state index contributed by atoms with van der Waals surface area (Å²) in [6.45, 7) is 3.94. The van der Waals surface area contributed by atoms with E-state index < -0.39 is 0 Å². The molecule has 0 bridgehead atoms. The van der Waals surface area contributed by atoms with Crippen LogP contribution in [0.4, 0.5) is 4.39 Å². The molecule has 0 aliphatic rings. The Labute approximate surface area is 112 Å². The van der Waals surface area contributed by atoms with Gasteiger partial charge in [0.15, 0.2) is 0 Å². The van der Waals surface area contributed by atoms with Crippen LogP contribution >= 0.6 is 15.9 Å². The van der Waals surface area contributed by atoms with Crippen molar-refractivity contribution in [2.75, 3.05) is 0 Å². The molecule has 0 aliphatic heterocycles. The topological polar surface area (TPSA) is 34.9 Å². The molecular formula is C13H12BrFN2O. The maximum Gasteiger partial charge on any atom is 0.254 e. The smallest absolute Gasteiger partial charge is 0.254 e. The molecule has 0 radical (unpaired) electrons. The number of benzene rings is 1. The summed E-state index contributed by atoms with van der Waals surface area (Å²) in [5, 5.41) is 0. The Bertz CT molecular complexity index is 652. The fraction of sp³-hybridized carbons (Fsp3) is 0.231. The summed E-state index contributed by atoms with van der Waals surface area (Å²) in [5.74, 6) is 0.341. The molecule has 0 unspecified atom stereocenters. The van der Waals surface area contributed by atoms with E-state index in [1.807, 2.05) is 0 Å². The molecule has 2 rings (SSSR count). The van der Waals surface area contributed by atoms with Crippen molar-refractivity contribution >= 4 is 15.9 Å². The van der Waals surface area contributed by atoms with E-state index >= 15 is 0 Å². The van der Waals surface area contributed by atoms with E-state index in [2.05, 4.69) is 20.9 Å². The van der Waals surface area contributed by atoms with Crippen LogP contribution in [0.2, 0.25) is 0 Å². The van der Waals surface area contributed by atoms with Crippen molar-refractivity contribution in [2.45, 2.75) is 20.4 Å². The van der Waals surface area contributed by atoms with E-state index in [1.165, 1.54) is 18.2 Å². The molecule has 0 spiro atoms. The zero-order valence-corrected chi connectivity index (χ0v) is 11.7. The lowest BCUT2D eigenvalue weighted by Gasteiger charge is -2.11.